The van der Waals surface area contributed by atoms with Crippen LogP contribution < -0.4 is 24.8 Å². The molecule has 39 heavy (non-hydrogen) atoms. The molecule has 1 saturated carbocycles. The fourth-order valence-electron chi connectivity index (χ4n) is 5.02. The van der Waals surface area contributed by atoms with Gasteiger partial charge in [-0.3, -0.25) is 9.59 Å². The first-order chi connectivity index (χ1) is 19.0. The number of rotatable bonds is 6. The number of amides is 2. The summed E-state index contributed by atoms with van der Waals surface area (Å²) >= 11 is 0. The lowest BCUT2D eigenvalue weighted by Crippen LogP contribution is -2.43. The Balaban J connectivity index is 1.05. The summed E-state index contributed by atoms with van der Waals surface area (Å²) in [4.78, 5) is 30.3. The van der Waals surface area contributed by atoms with Crippen LogP contribution in [0.3, 0.4) is 0 Å². The number of hydrogen-bond donors (Lipinski definition) is 3. The van der Waals surface area contributed by atoms with E-state index in [1.54, 1.807) is 48.7 Å². The zero-order chi connectivity index (χ0) is 26.8. The summed E-state index contributed by atoms with van der Waals surface area (Å²) in [7, 11) is 0. The third kappa shape index (κ3) is 5.29. The first kappa shape index (κ1) is 24.5. The van der Waals surface area contributed by atoms with Gasteiger partial charge in [0.1, 0.15) is 17.1 Å². The number of nitrogens with one attached hydrogen (secondary N) is 2. The number of hydrogen-bond acceptors (Lipinski definition) is 7. The summed E-state index contributed by atoms with van der Waals surface area (Å²) in [5.41, 5.74) is 0.591. The number of aromatic nitrogens is 1. The first-order valence-electron chi connectivity index (χ1n) is 12.9. The van der Waals surface area contributed by atoms with E-state index in [1.165, 1.54) is 0 Å². The van der Waals surface area contributed by atoms with Gasteiger partial charge in [0.15, 0.2) is 11.5 Å². The molecule has 2 amide bonds. The van der Waals surface area contributed by atoms with Crippen LogP contribution in [0.1, 0.15) is 46.4 Å². The Morgan fingerprint density at radius 1 is 0.795 bits per heavy atom. The van der Waals surface area contributed by atoms with E-state index in [0.717, 1.165) is 10.8 Å². The molecule has 1 aromatic heterocycles. The van der Waals surface area contributed by atoms with Crippen molar-refractivity contribution in [2.24, 2.45) is 0 Å². The second-order valence-electron chi connectivity index (χ2n) is 9.69. The Kier molecular flexibility index (Phi) is 6.62. The van der Waals surface area contributed by atoms with Crippen molar-refractivity contribution in [3.8, 4) is 28.9 Å². The van der Waals surface area contributed by atoms with Gasteiger partial charge in [0, 0.05) is 24.3 Å². The highest BCUT2D eigenvalue weighted by Crippen LogP contribution is 2.37. The number of fused-ring (bicyclic) bond motifs is 2. The van der Waals surface area contributed by atoms with Crippen LogP contribution >= 0.6 is 0 Å². The summed E-state index contributed by atoms with van der Waals surface area (Å²) in [6, 6.07) is 19.4. The van der Waals surface area contributed by atoms with Gasteiger partial charge in [-0.25, -0.2) is 4.98 Å². The average Bonchev–Trinajstić information content (AvgIpc) is 3.42. The molecule has 1 fully saturated rings. The van der Waals surface area contributed by atoms with E-state index in [4.69, 9.17) is 14.2 Å². The standard InChI is InChI=1S/C30H27N3O6/c34-25-15-19-5-2-1-4-18(19)14-24(25)29(36)33-21-9-7-20(8-10-21)32-28(35)23-6-3-13-31-30(23)39-22-11-12-26-27(16-22)38-17-37-26/h1-6,11-16,20-21,34H,7-10,17H2,(H,32,35)(H,33,36). The highest BCUT2D eigenvalue weighted by atomic mass is 16.7. The molecule has 0 bridgehead atoms. The minimum atomic E-state index is -0.300. The average molecular weight is 526 g/mol. The highest BCUT2D eigenvalue weighted by molar-refractivity contribution is 6.01. The fourth-order valence-corrected chi connectivity index (χ4v) is 5.02. The van der Waals surface area contributed by atoms with Crippen LogP contribution in [0.25, 0.3) is 10.8 Å². The molecule has 6 rings (SSSR count). The predicted octanol–water partition coefficient (Wildman–Crippen LogP) is 4.93. The number of nitrogens with zero attached hydrogens (tertiary/aromatic N) is 1. The number of ether oxygens (including phenoxy) is 3. The monoisotopic (exact) mass is 525 g/mol. The van der Waals surface area contributed by atoms with Gasteiger partial charge < -0.3 is 30.0 Å². The van der Waals surface area contributed by atoms with Gasteiger partial charge in [0.25, 0.3) is 11.8 Å². The lowest BCUT2D eigenvalue weighted by atomic mass is 9.90. The summed E-state index contributed by atoms with van der Waals surface area (Å²) in [6.07, 6.45) is 4.40. The van der Waals surface area contributed by atoms with Crippen molar-refractivity contribution in [3.05, 3.63) is 84.1 Å². The number of pyridine rings is 1. The van der Waals surface area contributed by atoms with Crippen LogP contribution in [0.4, 0.5) is 0 Å². The fraction of sp³-hybridized carbons (Fsp3) is 0.233. The van der Waals surface area contributed by atoms with E-state index >= 15 is 0 Å². The molecular weight excluding hydrogens is 498 g/mol. The topological polar surface area (TPSA) is 119 Å². The summed E-state index contributed by atoms with van der Waals surface area (Å²) in [6.45, 7) is 0.161. The molecule has 1 aliphatic heterocycles. The number of carbonyl (C=O) groups excluding carboxylic acids is 2. The van der Waals surface area contributed by atoms with Crippen molar-refractivity contribution in [1.82, 2.24) is 15.6 Å². The maximum absolute atomic E-state index is 13.1. The van der Waals surface area contributed by atoms with Crippen molar-refractivity contribution >= 4 is 22.6 Å². The van der Waals surface area contributed by atoms with E-state index in [-0.39, 0.29) is 47.9 Å². The van der Waals surface area contributed by atoms with E-state index in [9.17, 15) is 14.7 Å². The van der Waals surface area contributed by atoms with Gasteiger partial charge in [-0.05, 0) is 72.9 Å². The highest BCUT2D eigenvalue weighted by Gasteiger charge is 2.26. The van der Waals surface area contributed by atoms with E-state index in [1.807, 2.05) is 24.3 Å². The van der Waals surface area contributed by atoms with Gasteiger partial charge in [-0.15, -0.1) is 0 Å². The molecular formula is C30H27N3O6. The van der Waals surface area contributed by atoms with Crippen molar-refractivity contribution in [1.29, 1.82) is 0 Å². The second-order valence-corrected chi connectivity index (χ2v) is 9.69. The van der Waals surface area contributed by atoms with E-state index in [0.29, 0.717) is 48.5 Å². The quantitative estimate of drug-likeness (QED) is 0.327. The molecule has 3 aromatic carbocycles. The zero-order valence-electron chi connectivity index (χ0n) is 21.1. The van der Waals surface area contributed by atoms with Gasteiger partial charge in [0.05, 0.1) is 5.56 Å². The number of benzene rings is 3. The molecule has 0 spiro atoms. The van der Waals surface area contributed by atoms with E-state index in [2.05, 4.69) is 15.6 Å². The lowest BCUT2D eigenvalue weighted by Gasteiger charge is -2.30. The van der Waals surface area contributed by atoms with Crippen molar-refractivity contribution in [3.63, 3.8) is 0 Å². The van der Waals surface area contributed by atoms with Gasteiger partial charge in [-0.1, -0.05) is 24.3 Å². The maximum atomic E-state index is 13.1. The Bertz CT molecular complexity index is 1550. The van der Waals surface area contributed by atoms with Crippen LogP contribution in [0.15, 0.2) is 72.9 Å². The molecule has 9 nitrogen and oxygen atoms in total. The van der Waals surface area contributed by atoms with Gasteiger partial charge >= 0.3 is 0 Å². The number of aromatic hydroxyl groups is 1. The van der Waals surface area contributed by atoms with Crippen molar-refractivity contribution in [2.45, 2.75) is 37.8 Å². The Labute approximate surface area is 224 Å². The zero-order valence-corrected chi connectivity index (χ0v) is 21.1. The van der Waals surface area contributed by atoms with Crippen LogP contribution in [-0.4, -0.2) is 40.8 Å². The minimum Gasteiger partial charge on any atom is -0.507 e. The molecule has 0 atom stereocenters. The molecule has 4 aromatic rings. The van der Waals surface area contributed by atoms with Crippen LogP contribution in [0.5, 0.6) is 28.9 Å². The smallest absolute Gasteiger partial charge is 0.257 e. The number of carbonyl (C=O) groups is 2. The third-order valence-electron chi connectivity index (χ3n) is 7.08. The lowest BCUT2D eigenvalue weighted by molar-refractivity contribution is 0.0889. The molecule has 2 aliphatic rings. The summed E-state index contributed by atoms with van der Waals surface area (Å²) < 4.78 is 16.6. The predicted molar refractivity (Wildman–Crippen MR) is 143 cm³/mol. The SMILES string of the molecule is O=C(NC1CCC(NC(=O)c2cccnc2Oc2ccc3c(c2)OCO3)CC1)c1cc2ccccc2cc1O. The van der Waals surface area contributed by atoms with Crippen LogP contribution in [-0.2, 0) is 0 Å². The molecule has 0 radical (unpaired) electrons. The number of phenolic OH excluding ortho intramolecular Hbond substituents is 1. The number of phenols is 1. The van der Waals surface area contributed by atoms with Crippen LogP contribution in [0, 0.1) is 0 Å². The molecule has 2 heterocycles. The normalized spacial score (nSPS) is 17.9. The Morgan fingerprint density at radius 3 is 2.21 bits per heavy atom. The third-order valence-corrected chi connectivity index (χ3v) is 7.08. The molecule has 0 unspecified atom stereocenters. The molecule has 9 heteroatoms. The van der Waals surface area contributed by atoms with Gasteiger partial charge in [-0.2, -0.15) is 0 Å². The van der Waals surface area contributed by atoms with Crippen molar-refractivity contribution < 1.29 is 28.9 Å². The second kappa shape index (κ2) is 10.5. The largest absolute Gasteiger partial charge is 0.507 e. The Hall–Kier alpha value is -4.79. The molecule has 3 N–H and O–H groups in total. The van der Waals surface area contributed by atoms with E-state index < -0.39 is 0 Å². The van der Waals surface area contributed by atoms with Crippen LogP contribution in [0.2, 0.25) is 0 Å². The molecule has 198 valence electrons. The van der Waals surface area contributed by atoms with Crippen molar-refractivity contribution in [2.75, 3.05) is 6.79 Å². The first-order valence-corrected chi connectivity index (χ1v) is 12.9. The molecule has 1 aliphatic carbocycles. The minimum absolute atomic E-state index is 0.0395. The maximum Gasteiger partial charge on any atom is 0.257 e. The summed E-state index contributed by atoms with van der Waals surface area (Å²) in [5, 5.41) is 18.3. The summed E-state index contributed by atoms with van der Waals surface area (Å²) in [5.74, 6) is 1.29. The van der Waals surface area contributed by atoms with Gasteiger partial charge in [0.2, 0.25) is 12.7 Å². The Morgan fingerprint density at radius 2 is 1.46 bits per heavy atom. The molecule has 0 saturated heterocycles.